The van der Waals surface area contributed by atoms with E-state index in [0.29, 0.717) is 27.6 Å². The van der Waals surface area contributed by atoms with Crippen molar-refractivity contribution in [2.24, 2.45) is 11.8 Å². The molecule has 2 atom stereocenters. The fourth-order valence-electron chi connectivity index (χ4n) is 1.53. The minimum Gasteiger partial charge on any atom is -0.495 e. The molecule has 4 heteroatoms. The summed E-state index contributed by atoms with van der Waals surface area (Å²) in [5, 5.41) is 1.27. The van der Waals surface area contributed by atoms with Crippen LogP contribution in [0.2, 0.25) is 10.0 Å². The van der Waals surface area contributed by atoms with E-state index in [2.05, 4.69) is 36.7 Å². The van der Waals surface area contributed by atoms with E-state index < -0.39 is 0 Å². The van der Waals surface area contributed by atoms with Gasteiger partial charge in [0, 0.05) is 15.9 Å². The molecule has 0 bridgehead atoms. The van der Waals surface area contributed by atoms with Crippen molar-refractivity contribution in [3.05, 3.63) is 27.7 Å². The first-order chi connectivity index (χ1) is 7.88. The molecule has 0 saturated heterocycles. The maximum absolute atomic E-state index is 6.26. The van der Waals surface area contributed by atoms with Gasteiger partial charge in [0.2, 0.25) is 0 Å². The van der Waals surface area contributed by atoms with E-state index in [1.807, 2.05) is 6.07 Å². The van der Waals surface area contributed by atoms with E-state index in [1.165, 1.54) is 0 Å². The first-order valence-corrected chi connectivity index (χ1v) is 7.22. The lowest BCUT2D eigenvalue weighted by Gasteiger charge is -2.23. The highest BCUT2D eigenvalue weighted by Crippen LogP contribution is 2.42. The van der Waals surface area contributed by atoms with Gasteiger partial charge in [0.15, 0.2) is 0 Å². The molecule has 0 fully saturated rings. The third kappa shape index (κ3) is 3.52. The quantitative estimate of drug-likeness (QED) is 0.636. The average Bonchev–Trinajstić information content (AvgIpc) is 2.29. The number of halogens is 3. The van der Waals surface area contributed by atoms with Gasteiger partial charge in [-0.3, -0.25) is 0 Å². The maximum Gasteiger partial charge on any atom is 0.138 e. The Bertz CT molecular complexity index is 393. The standard InChI is InChI=1S/C13H17BrCl2O/c1-7(2)8(3)13(14)9-5-11(16)12(17-4)6-10(9)15/h5-8,13H,1-4H3. The summed E-state index contributed by atoms with van der Waals surface area (Å²) in [6.45, 7) is 6.58. The Morgan fingerprint density at radius 1 is 1.12 bits per heavy atom. The van der Waals surface area contributed by atoms with Gasteiger partial charge in [0.25, 0.3) is 0 Å². The molecule has 0 N–H and O–H groups in total. The molecule has 0 radical (unpaired) electrons. The number of ether oxygens (including phenoxy) is 1. The predicted molar refractivity (Wildman–Crippen MR) is 78.7 cm³/mol. The van der Waals surface area contributed by atoms with Crippen molar-refractivity contribution in [2.75, 3.05) is 7.11 Å². The SMILES string of the molecule is COc1cc(Cl)c(C(Br)C(C)C(C)C)cc1Cl. The molecule has 0 spiro atoms. The first-order valence-electron chi connectivity index (χ1n) is 5.55. The van der Waals surface area contributed by atoms with Crippen LogP contribution in [0.1, 0.15) is 31.2 Å². The van der Waals surface area contributed by atoms with Crippen LogP contribution in [-0.2, 0) is 0 Å². The number of rotatable bonds is 4. The van der Waals surface area contributed by atoms with Crippen molar-refractivity contribution in [3.8, 4) is 5.75 Å². The number of hydrogen-bond acceptors (Lipinski definition) is 1. The summed E-state index contributed by atoms with van der Waals surface area (Å²) in [5.41, 5.74) is 1.01. The van der Waals surface area contributed by atoms with Crippen molar-refractivity contribution in [2.45, 2.75) is 25.6 Å². The van der Waals surface area contributed by atoms with Gasteiger partial charge in [-0.1, -0.05) is 59.9 Å². The van der Waals surface area contributed by atoms with Crippen LogP contribution < -0.4 is 4.74 Å². The zero-order valence-corrected chi connectivity index (χ0v) is 13.5. The van der Waals surface area contributed by atoms with Gasteiger partial charge in [0.05, 0.1) is 12.1 Å². The molecule has 1 nitrogen and oxygen atoms in total. The zero-order chi connectivity index (χ0) is 13.2. The number of alkyl halides is 1. The summed E-state index contributed by atoms with van der Waals surface area (Å²) in [6.07, 6.45) is 0. The second-order valence-corrected chi connectivity index (χ2v) is 6.31. The van der Waals surface area contributed by atoms with E-state index in [0.717, 1.165) is 5.56 Å². The topological polar surface area (TPSA) is 9.23 Å². The highest BCUT2D eigenvalue weighted by molar-refractivity contribution is 9.09. The molecule has 0 amide bonds. The van der Waals surface area contributed by atoms with Crippen LogP contribution in [-0.4, -0.2) is 7.11 Å². The molecule has 0 saturated carbocycles. The van der Waals surface area contributed by atoms with Crippen LogP contribution in [0.5, 0.6) is 5.75 Å². The Hall–Kier alpha value is 0.0800. The second-order valence-electron chi connectivity index (χ2n) is 4.51. The minimum absolute atomic E-state index is 0.193. The van der Waals surface area contributed by atoms with Crippen LogP contribution in [0.25, 0.3) is 0 Å². The number of benzene rings is 1. The Labute approximate surface area is 122 Å². The molecule has 0 aliphatic carbocycles. The van der Waals surface area contributed by atoms with Gasteiger partial charge >= 0.3 is 0 Å². The van der Waals surface area contributed by atoms with Crippen LogP contribution in [0.3, 0.4) is 0 Å². The van der Waals surface area contributed by atoms with E-state index >= 15 is 0 Å². The van der Waals surface area contributed by atoms with Crippen LogP contribution in [0.15, 0.2) is 12.1 Å². The molecule has 0 aliphatic rings. The summed E-state index contributed by atoms with van der Waals surface area (Å²) in [4.78, 5) is 0.193. The fraction of sp³-hybridized carbons (Fsp3) is 0.538. The van der Waals surface area contributed by atoms with Crippen molar-refractivity contribution in [3.63, 3.8) is 0 Å². The molecule has 1 rings (SSSR count). The lowest BCUT2D eigenvalue weighted by molar-refractivity contribution is 0.409. The molecular formula is C13H17BrCl2O. The van der Waals surface area contributed by atoms with Crippen LogP contribution >= 0.6 is 39.1 Å². The fourth-order valence-corrected chi connectivity index (χ4v) is 3.17. The van der Waals surface area contributed by atoms with Gasteiger partial charge in [-0.2, -0.15) is 0 Å². The molecule has 0 aliphatic heterocycles. The maximum atomic E-state index is 6.26. The Balaban J connectivity index is 3.10. The molecule has 17 heavy (non-hydrogen) atoms. The summed E-state index contributed by atoms with van der Waals surface area (Å²) in [5.74, 6) is 1.64. The molecule has 1 aromatic carbocycles. The summed E-state index contributed by atoms with van der Waals surface area (Å²) in [7, 11) is 1.58. The van der Waals surface area contributed by atoms with E-state index in [4.69, 9.17) is 27.9 Å². The van der Waals surface area contributed by atoms with Gasteiger partial charge in [0.1, 0.15) is 5.75 Å². The number of methoxy groups -OCH3 is 1. The van der Waals surface area contributed by atoms with E-state index in [1.54, 1.807) is 13.2 Å². The van der Waals surface area contributed by atoms with Gasteiger partial charge in [-0.15, -0.1) is 0 Å². The Morgan fingerprint density at radius 2 is 1.71 bits per heavy atom. The molecule has 96 valence electrons. The van der Waals surface area contributed by atoms with Gasteiger partial charge in [-0.05, 0) is 23.5 Å². The highest BCUT2D eigenvalue weighted by atomic mass is 79.9. The highest BCUT2D eigenvalue weighted by Gasteiger charge is 2.22. The van der Waals surface area contributed by atoms with Crippen LogP contribution in [0.4, 0.5) is 0 Å². The first kappa shape index (κ1) is 15.1. The smallest absolute Gasteiger partial charge is 0.138 e. The molecule has 0 aromatic heterocycles. The van der Waals surface area contributed by atoms with Gasteiger partial charge in [-0.25, -0.2) is 0 Å². The Kier molecular flexibility index (Phi) is 5.62. The van der Waals surface area contributed by atoms with Crippen molar-refractivity contribution >= 4 is 39.1 Å². The monoisotopic (exact) mass is 338 g/mol. The summed E-state index contributed by atoms with van der Waals surface area (Å²) < 4.78 is 5.14. The largest absolute Gasteiger partial charge is 0.495 e. The molecule has 1 aromatic rings. The molecule has 2 unspecified atom stereocenters. The molecule has 0 heterocycles. The second kappa shape index (κ2) is 6.31. The Morgan fingerprint density at radius 3 is 2.18 bits per heavy atom. The lowest BCUT2D eigenvalue weighted by atomic mass is 9.91. The van der Waals surface area contributed by atoms with E-state index in [9.17, 15) is 0 Å². The summed E-state index contributed by atoms with van der Waals surface area (Å²) >= 11 is 16.1. The molecular weight excluding hydrogens is 323 g/mol. The van der Waals surface area contributed by atoms with Crippen molar-refractivity contribution in [1.82, 2.24) is 0 Å². The van der Waals surface area contributed by atoms with Crippen LogP contribution in [0, 0.1) is 11.8 Å². The lowest BCUT2D eigenvalue weighted by Crippen LogP contribution is -2.11. The third-order valence-electron chi connectivity index (χ3n) is 3.08. The van der Waals surface area contributed by atoms with E-state index in [-0.39, 0.29) is 4.83 Å². The number of hydrogen-bond donors (Lipinski definition) is 0. The predicted octanol–water partition coefficient (Wildman–Crippen LogP) is 5.73. The minimum atomic E-state index is 0.193. The van der Waals surface area contributed by atoms with Gasteiger partial charge < -0.3 is 4.74 Å². The third-order valence-corrected chi connectivity index (χ3v) is 5.03. The zero-order valence-electron chi connectivity index (χ0n) is 10.4. The average molecular weight is 340 g/mol. The summed E-state index contributed by atoms with van der Waals surface area (Å²) in [6, 6.07) is 3.64. The van der Waals surface area contributed by atoms with Crippen molar-refractivity contribution in [1.29, 1.82) is 0 Å². The van der Waals surface area contributed by atoms with Crippen molar-refractivity contribution < 1.29 is 4.74 Å². The normalized spacial score (nSPS) is 14.8.